The fraction of sp³-hybridized carbons (Fsp3) is 0.551. The second-order valence-corrected chi connectivity index (χ2v) is 20.2. The van der Waals surface area contributed by atoms with E-state index in [1.807, 2.05) is 23.1 Å². The topological polar surface area (TPSA) is 120 Å². The third-order valence-corrected chi connectivity index (χ3v) is 17.1. The van der Waals surface area contributed by atoms with E-state index in [0.717, 1.165) is 98.8 Å². The summed E-state index contributed by atoms with van der Waals surface area (Å²) in [6, 6.07) is 17.3. The lowest BCUT2D eigenvalue weighted by atomic mass is 9.69. The van der Waals surface area contributed by atoms with Gasteiger partial charge in [-0.3, -0.25) is 29.2 Å². The highest BCUT2D eigenvalue weighted by atomic mass is 35.5. The van der Waals surface area contributed by atoms with Crippen LogP contribution in [0.4, 0.5) is 0 Å². The van der Waals surface area contributed by atoms with Crippen molar-refractivity contribution in [2.24, 2.45) is 5.92 Å². The van der Waals surface area contributed by atoms with Gasteiger partial charge >= 0.3 is 0 Å². The molecule has 3 saturated heterocycles. The summed E-state index contributed by atoms with van der Waals surface area (Å²) in [5.74, 6) is 2.57. The van der Waals surface area contributed by atoms with E-state index in [-0.39, 0.29) is 28.2 Å². The minimum absolute atomic E-state index is 0.00000528. The molecule has 318 valence electrons. The Morgan fingerprint density at radius 3 is 2.49 bits per heavy atom. The van der Waals surface area contributed by atoms with Gasteiger partial charge in [-0.05, 0) is 125 Å². The second kappa shape index (κ2) is 14.5. The maximum Gasteiger partial charge on any atom is 0.282 e. The largest absolute Gasteiger partial charge is 0.492 e. The molecule has 3 aromatic carbocycles. The van der Waals surface area contributed by atoms with E-state index in [4.69, 9.17) is 21.3 Å². The van der Waals surface area contributed by atoms with E-state index in [1.165, 1.54) is 61.0 Å². The maximum atomic E-state index is 13.4. The fourth-order valence-electron chi connectivity index (χ4n) is 13.3. The summed E-state index contributed by atoms with van der Waals surface area (Å²) in [5.41, 5.74) is 7.53. The van der Waals surface area contributed by atoms with Gasteiger partial charge in [-0.15, -0.1) is 0 Å². The van der Waals surface area contributed by atoms with Gasteiger partial charge in [0.05, 0.1) is 39.7 Å². The van der Waals surface area contributed by atoms with Crippen LogP contribution in [0.2, 0.25) is 5.02 Å². The Bertz CT molecular complexity index is 2530. The van der Waals surface area contributed by atoms with Crippen molar-refractivity contribution in [1.29, 1.82) is 0 Å². The molecule has 2 atom stereocenters. The van der Waals surface area contributed by atoms with Crippen LogP contribution in [-0.4, -0.2) is 92.6 Å². The zero-order chi connectivity index (χ0) is 41.2. The van der Waals surface area contributed by atoms with Gasteiger partial charge in [-0.1, -0.05) is 61.2 Å². The predicted molar refractivity (Wildman–Crippen MR) is 232 cm³/mol. The number of carbonyl (C=O) groups is 2. The van der Waals surface area contributed by atoms with Crippen molar-refractivity contribution >= 4 is 34.3 Å². The molecule has 2 spiro atoms. The molecule has 0 radical (unpaired) electrons. The van der Waals surface area contributed by atoms with E-state index in [1.54, 1.807) is 6.07 Å². The van der Waals surface area contributed by atoms with Gasteiger partial charge < -0.3 is 19.6 Å². The smallest absolute Gasteiger partial charge is 0.282 e. The van der Waals surface area contributed by atoms with Gasteiger partial charge in [0.15, 0.2) is 0 Å². The number of rotatable bonds is 5. The first-order chi connectivity index (χ1) is 29.7. The number of ether oxygens (including phenoxy) is 1. The van der Waals surface area contributed by atoms with Crippen LogP contribution in [0.25, 0.3) is 16.6 Å². The zero-order valence-electron chi connectivity index (χ0n) is 34.8. The quantitative estimate of drug-likeness (QED) is 0.215. The minimum atomic E-state index is -0.877. The lowest BCUT2D eigenvalue weighted by molar-refractivity contribution is -0.141. The monoisotopic (exact) mass is 842 g/mol. The number of hydrogen-bond acceptors (Lipinski definition) is 9. The summed E-state index contributed by atoms with van der Waals surface area (Å²) >= 11 is 6.59. The number of aromatic nitrogens is 2. The van der Waals surface area contributed by atoms with Crippen LogP contribution >= 0.6 is 11.6 Å². The number of aliphatic hydroxyl groups is 1. The van der Waals surface area contributed by atoms with Gasteiger partial charge in [0, 0.05) is 47.7 Å². The number of amides is 2. The Balaban J connectivity index is 0.662. The number of imide groups is 1. The van der Waals surface area contributed by atoms with Crippen molar-refractivity contribution in [2.45, 2.75) is 125 Å². The molecule has 6 aliphatic heterocycles. The van der Waals surface area contributed by atoms with Gasteiger partial charge in [0.2, 0.25) is 11.8 Å². The van der Waals surface area contributed by atoms with E-state index >= 15 is 0 Å². The number of likely N-dealkylation sites (tertiary alicyclic amines) is 2. The number of hydrogen-bond donors (Lipinski definition) is 2. The Morgan fingerprint density at radius 2 is 1.70 bits per heavy atom. The number of piperidine rings is 3. The van der Waals surface area contributed by atoms with E-state index in [2.05, 4.69) is 43.9 Å². The normalized spacial score (nSPS) is 28.4. The standard InChI is InChI=1S/C49H55ClN6O5/c50-37-5-4-6-39-42(37)45(59)52-47-49(15-2-1-3-16-49)36-25-31(7-10-38(36)56(39)47)30-13-19-53(20-14-30)26-29-23-32(24-29)54-21-17-48(18-22-54)28-61-43-34-27-55(40-11-12-41(57)51-44(40)58)46(60)33(34)8-9-35(43)48/h4-10,25,29-30,32,40,46,60H,1-3,11-24,26-28H2,(H,51,57,58)/t29?,32?,40-,46?/m0/s1. The molecule has 0 bridgehead atoms. The molecule has 2 saturated carbocycles. The molecule has 5 fully saturated rings. The number of halogens is 1. The van der Waals surface area contributed by atoms with Crippen molar-refractivity contribution in [3.8, 4) is 11.4 Å². The molecular formula is C49H55ClN6O5. The Morgan fingerprint density at radius 1 is 0.902 bits per heavy atom. The number of nitrogens with zero attached hydrogens (tertiary/aromatic N) is 5. The number of nitrogens with one attached hydrogen (secondary N) is 1. The van der Waals surface area contributed by atoms with Crippen LogP contribution < -0.4 is 15.6 Å². The summed E-state index contributed by atoms with van der Waals surface area (Å²) < 4.78 is 8.74. The van der Waals surface area contributed by atoms with Gasteiger partial charge in [-0.25, -0.2) is 0 Å². The summed E-state index contributed by atoms with van der Waals surface area (Å²) in [7, 11) is 0. The highest BCUT2D eigenvalue weighted by molar-refractivity contribution is 6.35. The molecule has 61 heavy (non-hydrogen) atoms. The average Bonchev–Trinajstić information content (AvgIpc) is 3.87. The summed E-state index contributed by atoms with van der Waals surface area (Å²) in [5, 5.41) is 14.7. The molecule has 12 heteroatoms. The SMILES string of the molecule is O=C1CC[C@H](N2Cc3c(ccc4c3OCC43CCN(C4CC(CN5CCC(c6ccc7c(c6)C6(CCCCC6)c6nc(=O)c8c(Cl)cccc8n6-7)CC5)C4)CC3)C2O)C(=O)N1. The zero-order valence-corrected chi connectivity index (χ0v) is 35.6. The van der Waals surface area contributed by atoms with E-state index in [0.29, 0.717) is 48.4 Å². The van der Waals surface area contributed by atoms with Crippen molar-refractivity contribution < 1.29 is 19.4 Å². The molecule has 1 unspecified atom stereocenters. The van der Waals surface area contributed by atoms with Gasteiger partial charge in [-0.2, -0.15) is 4.98 Å². The Hall–Kier alpha value is -4.13. The Labute approximate surface area is 361 Å². The van der Waals surface area contributed by atoms with Gasteiger partial charge in [0.25, 0.3) is 5.56 Å². The van der Waals surface area contributed by atoms with Crippen molar-refractivity contribution in [3.63, 3.8) is 0 Å². The number of fused-ring (bicyclic) bond motifs is 11. The predicted octanol–water partition coefficient (Wildman–Crippen LogP) is 6.60. The number of aliphatic hydroxyl groups excluding tert-OH is 1. The summed E-state index contributed by atoms with van der Waals surface area (Å²) in [6.45, 7) is 6.78. The molecule has 2 amide bonds. The molecular weight excluding hydrogens is 788 g/mol. The average molecular weight is 843 g/mol. The number of carbonyl (C=O) groups excluding carboxylic acids is 2. The van der Waals surface area contributed by atoms with Crippen LogP contribution in [0.5, 0.6) is 5.75 Å². The van der Waals surface area contributed by atoms with Crippen molar-refractivity contribution in [1.82, 2.24) is 29.6 Å². The molecule has 1 aromatic heterocycles. The highest BCUT2D eigenvalue weighted by Crippen LogP contribution is 2.54. The lowest BCUT2D eigenvalue weighted by Crippen LogP contribution is -2.53. The highest BCUT2D eigenvalue weighted by Gasteiger charge is 2.50. The van der Waals surface area contributed by atoms with Crippen molar-refractivity contribution in [2.75, 3.05) is 39.3 Å². The molecule has 2 aliphatic carbocycles. The van der Waals surface area contributed by atoms with Gasteiger partial charge in [0.1, 0.15) is 17.8 Å². The third kappa shape index (κ3) is 5.96. The first-order valence-electron chi connectivity index (χ1n) is 23.1. The maximum absolute atomic E-state index is 13.4. The summed E-state index contributed by atoms with van der Waals surface area (Å²) in [6.07, 6.45) is 12.5. The van der Waals surface area contributed by atoms with E-state index in [9.17, 15) is 19.5 Å². The molecule has 11 nitrogen and oxygen atoms in total. The van der Waals surface area contributed by atoms with Crippen LogP contribution in [0.3, 0.4) is 0 Å². The minimum Gasteiger partial charge on any atom is -0.492 e. The lowest BCUT2D eigenvalue weighted by Gasteiger charge is -2.49. The first kappa shape index (κ1) is 38.5. The molecule has 4 aromatic rings. The Kier molecular flexibility index (Phi) is 9.13. The van der Waals surface area contributed by atoms with Crippen LogP contribution in [0, 0.1) is 5.92 Å². The fourth-order valence-corrected chi connectivity index (χ4v) is 13.5. The molecule has 2 N–H and O–H groups in total. The third-order valence-electron chi connectivity index (χ3n) is 16.7. The van der Waals surface area contributed by atoms with E-state index < -0.39 is 12.3 Å². The molecule has 12 rings (SSSR count). The first-order valence-corrected chi connectivity index (χ1v) is 23.5. The molecule has 8 aliphatic rings. The van der Waals surface area contributed by atoms with Crippen molar-refractivity contribution in [3.05, 3.63) is 97.5 Å². The second-order valence-electron chi connectivity index (χ2n) is 19.8. The number of benzene rings is 3. The van der Waals surface area contributed by atoms with Crippen LogP contribution in [0.1, 0.15) is 129 Å². The van der Waals surface area contributed by atoms with Crippen LogP contribution in [0.15, 0.2) is 53.3 Å². The molecule has 7 heterocycles. The summed E-state index contributed by atoms with van der Waals surface area (Å²) in [4.78, 5) is 49.9. The van der Waals surface area contributed by atoms with Crippen LogP contribution in [-0.2, 0) is 27.0 Å².